The van der Waals surface area contributed by atoms with Crippen molar-refractivity contribution in [1.29, 1.82) is 0 Å². The number of ether oxygens (including phenoxy) is 1. The van der Waals surface area contributed by atoms with Gasteiger partial charge in [-0.1, -0.05) is 12.1 Å². The molecule has 0 bridgehead atoms. The van der Waals surface area contributed by atoms with Crippen molar-refractivity contribution in [3.8, 4) is 0 Å². The first-order valence-electron chi connectivity index (χ1n) is 10.7. The van der Waals surface area contributed by atoms with E-state index in [1.54, 1.807) is 30.3 Å². The zero-order valence-corrected chi connectivity index (χ0v) is 17.8. The van der Waals surface area contributed by atoms with E-state index in [-0.39, 0.29) is 11.9 Å². The molecule has 7 heteroatoms. The lowest BCUT2D eigenvalue weighted by atomic mass is 10.1. The summed E-state index contributed by atoms with van der Waals surface area (Å²) in [5, 5.41) is 5.55. The number of rotatable bonds is 8. The molecular formula is C24H27N3O4. The Morgan fingerprint density at radius 3 is 2.58 bits per heavy atom. The number of para-hydroxylation sites is 1. The Hall–Kier alpha value is -3.35. The number of anilines is 1. The predicted molar refractivity (Wildman–Crippen MR) is 118 cm³/mol. The van der Waals surface area contributed by atoms with E-state index in [0.717, 1.165) is 24.1 Å². The van der Waals surface area contributed by atoms with E-state index in [4.69, 9.17) is 4.74 Å². The molecule has 0 saturated heterocycles. The van der Waals surface area contributed by atoms with Gasteiger partial charge in [0.1, 0.15) is 0 Å². The molecule has 1 aromatic heterocycles. The average Bonchev–Trinajstić information content (AvgIpc) is 3.66. The van der Waals surface area contributed by atoms with Gasteiger partial charge >= 0.3 is 5.97 Å². The summed E-state index contributed by atoms with van der Waals surface area (Å²) in [7, 11) is 0. The normalized spacial score (nSPS) is 15.7. The quantitative estimate of drug-likeness (QED) is 0.504. The third-order valence-corrected chi connectivity index (χ3v) is 5.54. The van der Waals surface area contributed by atoms with E-state index in [0.29, 0.717) is 17.3 Å². The number of carbonyl (C=O) groups is 3. The first kappa shape index (κ1) is 20.9. The topological polar surface area (TPSA) is 89.4 Å². The van der Waals surface area contributed by atoms with Crippen molar-refractivity contribution >= 4 is 29.5 Å². The minimum absolute atomic E-state index is 0.220. The van der Waals surface area contributed by atoms with E-state index < -0.39 is 18.5 Å². The van der Waals surface area contributed by atoms with Crippen LogP contribution in [0.2, 0.25) is 0 Å². The molecule has 2 amide bonds. The second kappa shape index (κ2) is 8.79. The summed E-state index contributed by atoms with van der Waals surface area (Å²) in [6.45, 7) is 3.68. The van der Waals surface area contributed by atoms with Crippen molar-refractivity contribution < 1.29 is 19.1 Å². The summed E-state index contributed by atoms with van der Waals surface area (Å²) in [5.74, 6) is -1.31. The highest BCUT2D eigenvalue weighted by Crippen LogP contribution is 2.38. The minimum atomic E-state index is -0.592. The molecule has 2 aliphatic carbocycles. The van der Waals surface area contributed by atoms with Crippen LogP contribution in [0.1, 0.15) is 59.0 Å². The summed E-state index contributed by atoms with van der Waals surface area (Å²) in [6, 6.07) is 9.62. The highest BCUT2D eigenvalue weighted by Gasteiger charge is 2.27. The number of hydrogen-bond donors (Lipinski definition) is 2. The van der Waals surface area contributed by atoms with Crippen molar-refractivity contribution in [3.63, 3.8) is 0 Å². The number of aryl methyl sites for hydroxylation is 1. The molecule has 0 atom stereocenters. The molecular weight excluding hydrogens is 394 g/mol. The summed E-state index contributed by atoms with van der Waals surface area (Å²) >= 11 is 0. The number of hydrogen-bond acceptors (Lipinski definition) is 4. The van der Waals surface area contributed by atoms with Crippen LogP contribution >= 0.6 is 0 Å². The lowest BCUT2D eigenvalue weighted by molar-refractivity contribution is -0.142. The van der Waals surface area contributed by atoms with Crippen LogP contribution in [0.15, 0.2) is 36.4 Å². The van der Waals surface area contributed by atoms with Gasteiger partial charge in [-0.25, -0.2) is 4.79 Å². The van der Waals surface area contributed by atoms with E-state index in [1.807, 2.05) is 13.0 Å². The second-order valence-electron chi connectivity index (χ2n) is 8.21. The predicted octanol–water partition coefficient (Wildman–Crippen LogP) is 3.53. The van der Waals surface area contributed by atoms with Crippen molar-refractivity contribution in [3.05, 3.63) is 58.9 Å². The van der Waals surface area contributed by atoms with Gasteiger partial charge in [0.2, 0.25) is 0 Å². The Morgan fingerprint density at radius 1 is 1.13 bits per heavy atom. The Balaban J connectivity index is 1.30. The zero-order valence-electron chi connectivity index (χ0n) is 17.8. The number of esters is 1. The van der Waals surface area contributed by atoms with E-state index in [9.17, 15) is 14.4 Å². The Kier molecular flexibility index (Phi) is 5.93. The van der Waals surface area contributed by atoms with Crippen molar-refractivity contribution in [2.24, 2.45) is 0 Å². The Morgan fingerprint density at radius 2 is 1.87 bits per heavy atom. The fourth-order valence-electron chi connectivity index (χ4n) is 3.68. The van der Waals surface area contributed by atoms with Gasteiger partial charge in [0.25, 0.3) is 11.8 Å². The number of nitrogens with one attached hydrogen (secondary N) is 2. The lowest BCUT2D eigenvalue weighted by Gasteiger charge is -2.11. The van der Waals surface area contributed by atoms with Crippen LogP contribution in [0.3, 0.4) is 0 Å². The van der Waals surface area contributed by atoms with Gasteiger partial charge in [-0.05, 0) is 69.4 Å². The molecule has 31 heavy (non-hydrogen) atoms. The van der Waals surface area contributed by atoms with Crippen molar-refractivity contribution in [2.75, 3.05) is 11.9 Å². The molecule has 4 rings (SSSR count). The van der Waals surface area contributed by atoms with Crippen LogP contribution in [0, 0.1) is 13.8 Å². The zero-order chi connectivity index (χ0) is 22.0. The standard InChI is InChI=1S/C24H27N3O4/c1-15-13-17(16(2)27(15)19-10-11-19)7-12-23(29)31-14-22(28)26-21-6-4-3-5-20(21)24(30)25-18-8-9-18/h3-7,12-13,18-19H,8-11,14H2,1-2H3,(H,25,30)(H,26,28)/b12-7+. The fourth-order valence-corrected chi connectivity index (χ4v) is 3.68. The molecule has 2 fully saturated rings. The molecule has 1 heterocycles. The molecule has 162 valence electrons. The molecule has 7 nitrogen and oxygen atoms in total. The van der Waals surface area contributed by atoms with E-state index in [1.165, 1.54) is 24.6 Å². The van der Waals surface area contributed by atoms with Gasteiger partial charge in [-0.3, -0.25) is 9.59 Å². The summed E-state index contributed by atoms with van der Waals surface area (Å²) in [5.41, 5.74) is 4.06. The maximum absolute atomic E-state index is 12.3. The maximum atomic E-state index is 12.3. The van der Waals surface area contributed by atoms with Crippen LogP contribution in [-0.4, -0.2) is 35.0 Å². The molecule has 2 aromatic rings. The molecule has 2 aliphatic rings. The second-order valence-corrected chi connectivity index (χ2v) is 8.21. The average molecular weight is 421 g/mol. The number of amides is 2. The van der Waals surface area contributed by atoms with Gasteiger partial charge in [-0.2, -0.15) is 0 Å². The minimum Gasteiger partial charge on any atom is -0.452 e. The molecule has 0 unspecified atom stereocenters. The van der Waals surface area contributed by atoms with E-state index in [2.05, 4.69) is 22.1 Å². The molecule has 1 aromatic carbocycles. The number of benzene rings is 1. The molecule has 2 N–H and O–H groups in total. The maximum Gasteiger partial charge on any atom is 0.331 e. The van der Waals surface area contributed by atoms with Gasteiger partial charge in [0, 0.05) is 29.5 Å². The van der Waals surface area contributed by atoms with Crippen LogP contribution in [0.4, 0.5) is 5.69 Å². The first-order valence-corrected chi connectivity index (χ1v) is 10.7. The highest BCUT2D eigenvalue weighted by atomic mass is 16.5. The highest BCUT2D eigenvalue weighted by molar-refractivity contribution is 6.04. The van der Waals surface area contributed by atoms with Crippen LogP contribution in [0.25, 0.3) is 6.08 Å². The number of carbonyl (C=O) groups excluding carboxylic acids is 3. The fraction of sp³-hybridized carbons (Fsp3) is 0.375. The largest absolute Gasteiger partial charge is 0.452 e. The monoisotopic (exact) mass is 421 g/mol. The van der Waals surface area contributed by atoms with Gasteiger partial charge in [-0.15, -0.1) is 0 Å². The van der Waals surface area contributed by atoms with Crippen LogP contribution in [-0.2, 0) is 14.3 Å². The van der Waals surface area contributed by atoms with Crippen LogP contribution in [0.5, 0.6) is 0 Å². The van der Waals surface area contributed by atoms with Crippen molar-refractivity contribution in [1.82, 2.24) is 9.88 Å². The summed E-state index contributed by atoms with van der Waals surface area (Å²) in [4.78, 5) is 36.6. The Bertz CT molecular complexity index is 1050. The van der Waals surface area contributed by atoms with Gasteiger partial charge < -0.3 is 19.9 Å². The third kappa shape index (κ3) is 5.23. The first-order chi connectivity index (χ1) is 14.9. The lowest BCUT2D eigenvalue weighted by Crippen LogP contribution is -2.27. The number of aromatic nitrogens is 1. The molecule has 0 radical (unpaired) electrons. The molecule has 2 saturated carbocycles. The van der Waals surface area contributed by atoms with E-state index >= 15 is 0 Å². The summed E-state index contributed by atoms with van der Waals surface area (Å²) in [6.07, 6.45) is 7.41. The molecule has 0 spiro atoms. The Labute approximate surface area is 181 Å². The molecule has 0 aliphatic heterocycles. The number of nitrogens with zero attached hydrogens (tertiary/aromatic N) is 1. The SMILES string of the molecule is Cc1cc(/C=C/C(=O)OCC(=O)Nc2ccccc2C(=O)NC2CC2)c(C)n1C1CC1. The van der Waals surface area contributed by atoms with Gasteiger partial charge in [0.05, 0.1) is 11.3 Å². The van der Waals surface area contributed by atoms with Crippen molar-refractivity contribution in [2.45, 2.75) is 51.6 Å². The van der Waals surface area contributed by atoms with Gasteiger partial charge in [0.15, 0.2) is 6.61 Å². The third-order valence-electron chi connectivity index (χ3n) is 5.54. The van der Waals surface area contributed by atoms with Crippen LogP contribution < -0.4 is 10.6 Å². The smallest absolute Gasteiger partial charge is 0.331 e. The summed E-state index contributed by atoms with van der Waals surface area (Å²) < 4.78 is 7.37.